The van der Waals surface area contributed by atoms with Gasteiger partial charge in [0.1, 0.15) is 11.3 Å². The number of hydrogen-bond donors (Lipinski definition) is 2. The number of H-pyrrole nitrogens is 1. The van der Waals surface area contributed by atoms with Crippen LogP contribution in [0.25, 0.3) is 11.0 Å². The maximum atomic E-state index is 13.0. The lowest BCUT2D eigenvalue weighted by molar-refractivity contribution is 0.373. The minimum absolute atomic E-state index is 0.343. The summed E-state index contributed by atoms with van der Waals surface area (Å²) >= 11 is 0. The zero-order valence-corrected chi connectivity index (χ0v) is 10.2. The van der Waals surface area contributed by atoms with Crippen molar-refractivity contribution in [2.24, 2.45) is 5.92 Å². The van der Waals surface area contributed by atoms with E-state index in [-0.39, 0.29) is 5.82 Å². The second-order valence-corrected chi connectivity index (χ2v) is 5.01. The van der Waals surface area contributed by atoms with E-state index in [0.717, 1.165) is 18.3 Å². The van der Waals surface area contributed by atoms with Gasteiger partial charge in [-0.25, -0.2) is 9.37 Å². The minimum Gasteiger partial charge on any atom is -0.367 e. The average Bonchev–Trinajstić information content (AvgIpc) is 2.80. The number of aromatic amines is 1. The fourth-order valence-electron chi connectivity index (χ4n) is 2.64. The second-order valence-electron chi connectivity index (χ2n) is 5.01. The van der Waals surface area contributed by atoms with Crippen molar-refractivity contribution in [1.29, 1.82) is 0 Å². The van der Waals surface area contributed by atoms with E-state index in [0.29, 0.717) is 11.0 Å². The fraction of sp³-hybridized carbons (Fsp3) is 0.538. The number of pyridine rings is 1. The van der Waals surface area contributed by atoms with Gasteiger partial charge < -0.3 is 5.32 Å². The molecule has 0 radical (unpaired) electrons. The molecule has 3 rings (SSSR count). The van der Waals surface area contributed by atoms with Gasteiger partial charge in [-0.2, -0.15) is 5.10 Å². The Hall–Kier alpha value is -1.65. The molecule has 1 fully saturated rings. The van der Waals surface area contributed by atoms with Gasteiger partial charge in [-0.05, 0) is 18.8 Å². The third kappa shape index (κ3) is 2.30. The maximum Gasteiger partial charge on any atom is 0.174 e. The summed E-state index contributed by atoms with van der Waals surface area (Å²) in [7, 11) is 0. The van der Waals surface area contributed by atoms with Crippen LogP contribution in [0.15, 0.2) is 12.3 Å². The first kappa shape index (κ1) is 11.4. The summed E-state index contributed by atoms with van der Waals surface area (Å²) in [6, 6.07) is 1.42. The first-order valence-corrected chi connectivity index (χ1v) is 6.56. The lowest BCUT2D eigenvalue weighted by Crippen LogP contribution is -2.17. The van der Waals surface area contributed by atoms with E-state index in [9.17, 15) is 4.39 Å². The Kier molecular flexibility index (Phi) is 3.13. The third-order valence-electron chi connectivity index (χ3n) is 3.65. The molecule has 0 bridgehead atoms. The van der Waals surface area contributed by atoms with Crippen molar-refractivity contribution < 1.29 is 4.39 Å². The molecule has 4 nitrogen and oxygen atoms in total. The summed E-state index contributed by atoms with van der Waals surface area (Å²) in [4.78, 5) is 4.07. The highest BCUT2D eigenvalue weighted by Gasteiger charge is 2.14. The van der Waals surface area contributed by atoms with E-state index in [1.807, 2.05) is 0 Å². The van der Waals surface area contributed by atoms with Crippen LogP contribution in [0.1, 0.15) is 32.1 Å². The highest BCUT2D eigenvalue weighted by molar-refractivity contribution is 5.85. The summed E-state index contributed by atoms with van der Waals surface area (Å²) in [5.74, 6) is 1.12. The molecule has 0 aromatic carbocycles. The molecule has 18 heavy (non-hydrogen) atoms. The van der Waals surface area contributed by atoms with Gasteiger partial charge in [0.05, 0.1) is 11.7 Å². The van der Waals surface area contributed by atoms with Gasteiger partial charge in [0.25, 0.3) is 0 Å². The van der Waals surface area contributed by atoms with Crippen LogP contribution < -0.4 is 5.32 Å². The smallest absolute Gasteiger partial charge is 0.174 e. The van der Waals surface area contributed by atoms with E-state index in [4.69, 9.17) is 0 Å². The highest BCUT2D eigenvalue weighted by Crippen LogP contribution is 2.25. The van der Waals surface area contributed by atoms with Gasteiger partial charge in [-0.1, -0.05) is 19.3 Å². The lowest BCUT2D eigenvalue weighted by Gasteiger charge is -2.21. The molecule has 1 aliphatic carbocycles. The summed E-state index contributed by atoms with van der Waals surface area (Å²) in [5, 5.41) is 10.3. The van der Waals surface area contributed by atoms with E-state index in [1.54, 1.807) is 0 Å². The zero-order valence-electron chi connectivity index (χ0n) is 10.2. The predicted octanol–water partition coefficient (Wildman–Crippen LogP) is 3.09. The summed E-state index contributed by atoms with van der Waals surface area (Å²) in [6.45, 7) is 0.930. The van der Waals surface area contributed by atoms with Crippen molar-refractivity contribution >= 4 is 16.9 Å². The molecular formula is C13H17FN4. The lowest BCUT2D eigenvalue weighted by atomic mass is 9.89. The van der Waals surface area contributed by atoms with Gasteiger partial charge in [0, 0.05) is 12.6 Å². The molecule has 2 N–H and O–H groups in total. The van der Waals surface area contributed by atoms with Gasteiger partial charge in [-0.15, -0.1) is 0 Å². The van der Waals surface area contributed by atoms with E-state index < -0.39 is 0 Å². The van der Waals surface area contributed by atoms with Crippen LogP contribution in [0.5, 0.6) is 0 Å². The fourth-order valence-corrected chi connectivity index (χ4v) is 2.64. The molecule has 0 amide bonds. The zero-order chi connectivity index (χ0) is 12.4. The van der Waals surface area contributed by atoms with E-state index in [1.165, 1.54) is 44.4 Å². The van der Waals surface area contributed by atoms with Crippen LogP contribution in [-0.4, -0.2) is 21.7 Å². The molecule has 0 spiro atoms. The van der Waals surface area contributed by atoms with Crippen molar-refractivity contribution in [2.45, 2.75) is 32.1 Å². The van der Waals surface area contributed by atoms with Crippen LogP contribution >= 0.6 is 0 Å². The predicted molar refractivity (Wildman–Crippen MR) is 68.9 cm³/mol. The number of nitrogens with zero attached hydrogens (tertiary/aromatic N) is 2. The molecule has 0 unspecified atom stereocenters. The van der Waals surface area contributed by atoms with Gasteiger partial charge in [0.2, 0.25) is 0 Å². The van der Waals surface area contributed by atoms with Crippen LogP contribution in [0.3, 0.4) is 0 Å². The van der Waals surface area contributed by atoms with Crippen molar-refractivity contribution in [3.05, 3.63) is 18.1 Å². The molecule has 0 aliphatic heterocycles. The Morgan fingerprint density at radius 3 is 3.00 bits per heavy atom. The molecular weight excluding hydrogens is 231 g/mol. The Bertz CT molecular complexity index is 531. The molecule has 1 aliphatic rings. The van der Waals surface area contributed by atoms with Crippen LogP contribution in [0, 0.1) is 11.7 Å². The number of rotatable bonds is 3. The SMILES string of the molecule is Fc1cnc2c(NCC3CCCCC3)n[nH]c2c1. The molecule has 2 heterocycles. The molecule has 2 aromatic rings. The quantitative estimate of drug-likeness (QED) is 0.877. The summed E-state index contributed by atoms with van der Waals surface area (Å²) < 4.78 is 13.0. The number of hydrogen-bond acceptors (Lipinski definition) is 3. The molecule has 96 valence electrons. The Morgan fingerprint density at radius 1 is 1.33 bits per heavy atom. The van der Waals surface area contributed by atoms with E-state index in [2.05, 4.69) is 20.5 Å². The molecule has 5 heteroatoms. The van der Waals surface area contributed by atoms with Crippen molar-refractivity contribution in [3.63, 3.8) is 0 Å². The van der Waals surface area contributed by atoms with Crippen LogP contribution in [-0.2, 0) is 0 Å². The molecule has 0 atom stereocenters. The standard InChI is InChI=1S/C13H17FN4/c14-10-6-11-12(15-8-10)13(18-17-11)16-7-9-4-2-1-3-5-9/h6,8-9H,1-5,7H2,(H2,16,17,18). The summed E-state index contributed by atoms with van der Waals surface area (Å²) in [5.41, 5.74) is 1.35. The second kappa shape index (κ2) is 4.92. The Labute approximate surface area is 105 Å². The minimum atomic E-state index is -0.343. The number of aromatic nitrogens is 3. The van der Waals surface area contributed by atoms with Crippen molar-refractivity contribution in [1.82, 2.24) is 15.2 Å². The Balaban J connectivity index is 1.70. The Morgan fingerprint density at radius 2 is 2.17 bits per heavy atom. The molecule has 0 saturated heterocycles. The third-order valence-corrected chi connectivity index (χ3v) is 3.65. The van der Waals surface area contributed by atoms with Gasteiger partial charge in [0.15, 0.2) is 5.82 Å². The number of nitrogens with one attached hydrogen (secondary N) is 2. The normalized spacial score (nSPS) is 17.2. The van der Waals surface area contributed by atoms with E-state index >= 15 is 0 Å². The number of fused-ring (bicyclic) bond motifs is 1. The monoisotopic (exact) mass is 248 g/mol. The molecule has 1 saturated carbocycles. The first-order valence-electron chi connectivity index (χ1n) is 6.56. The summed E-state index contributed by atoms with van der Waals surface area (Å²) in [6.07, 6.45) is 7.83. The number of anilines is 1. The van der Waals surface area contributed by atoms with Gasteiger partial charge >= 0.3 is 0 Å². The van der Waals surface area contributed by atoms with Crippen molar-refractivity contribution in [2.75, 3.05) is 11.9 Å². The first-order chi connectivity index (χ1) is 8.83. The topological polar surface area (TPSA) is 53.6 Å². The number of halogens is 1. The maximum absolute atomic E-state index is 13.0. The van der Waals surface area contributed by atoms with Crippen LogP contribution in [0.4, 0.5) is 10.2 Å². The highest BCUT2D eigenvalue weighted by atomic mass is 19.1. The molecule has 2 aromatic heterocycles. The largest absolute Gasteiger partial charge is 0.367 e. The van der Waals surface area contributed by atoms with Gasteiger partial charge in [-0.3, -0.25) is 5.10 Å². The average molecular weight is 248 g/mol. The van der Waals surface area contributed by atoms with Crippen LogP contribution in [0.2, 0.25) is 0 Å². The van der Waals surface area contributed by atoms with Crippen molar-refractivity contribution in [3.8, 4) is 0 Å².